The molecule has 3 rings (SSSR count). The fourth-order valence-electron chi connectivity index (χ4n) is 2.91. The van der Waals surface area contributed by atoms with E-state index >= 15 is 0 Å². The van der Waals surface area contributed by atoms with Crippen LogP contribution >= 0.6 is 0 Å². The highest BCUT2D eigenvalue weighted by Gasteiger charge is 2.37. The average Bonchev–Trinajstić information content (AvgIpc) is 3.16. The van der Waals surface area contributed by atoms with Gasteiger partial charge in [0.1, 0.15) is 31.2 Å². The van der Waals surface area contributed by atoms with Crippen LogP contribution in [-0.2, 0) is 14.3 Å². The number of esters is 1. The van der Waals surface area contributed by atoms with Crippen LogP contribution in [0, 0.1) is 6.92 Å². The highest BCUT2D eigenvalue weighted by atomic mass is 16.6. The quantitative estimate of drug-likeness (QED) is 0.255. The van der Waals surface area contributed by atoms with E-state index in [1.54, 1.807) is 0 Å². The normalized spacial score (nSPS) is 20.0. The number of H-pyrrole nitrogens is 1. The lowest BCUT2D eigenvalue weighted by molar-refractivity contribution is -0.147. The molecule has 0 aliphatic carbocycles. The van der Waals surface area contributed by atoms with Crippen LogP contribution in [0.25, 0.3) is 10.4 Å². The molecule has 0 bridgehead atoms. The first kappa shape index (κ1) is 21.7. The zero-order chi connectivity index (χ0) is 22.4. The van der Waals surface area contributed by atoms with Crippen molar-refractivity contribution >= 4 is 11.9 Å². The van der Waals surface area contributed by atoms with Crippen molar-refractivity contribution in [2.45, 2.75) is 31.7 Å². The summed E-state index contributed by atoms with van der Waals surface area (Å²) in [6.45, 7) is 0.844. The summed E-state index contributed by atoms with van der Waals surface area (Å²) in [7, 11) is 0. The molecule has 2 aromatic heterocycles. The van der Waals surface area contributed by atoms with E-state index in [1.807, 2.05) is 0 Å². The van der Waals surface area contributed by atoms with Crippen molar-refractivity contribution in [2.24, 2.45) is 5.11 Å². The molecular formula is C17H18N8O6. The summed E-state index contributed by atoms with van der Waals surface area (Å²) in [6, 6.07) is -0.712. The molecule has 0 saturated carbocycles. The second kappa shape index (κ2) is 9.65. The Labute approximate surface area is 173 Å². The number of ether oxygens (including phenoxy) is 2. The number of carbonyl (C=O) groups is 2. The lowest BCUT2D eigenvalue weighted by atomic mass is 10.1. The fraction of sp³-hybridized carbons (Fsp3) is 0.412. The van der Waals surface area contributed by atoms with Gasteiger partial charge in [-0.25, -0.2) is 9.78 Å². The Kier molecular flexibility index (Phi) is 6.74. The number of nitrogens with one attached hydrogen (secondary N) is 2. The monoisotopic (exact) mass is 430 g/mol. The molecule has 3 atom stereocenters. The van der Waals surface area contributed by atoms with Crippen LogP contribution in [0.4, 0.5) is 0 Å². The molecular weight excluding hydrogens is 412 g/mol. The van der Waals surface area contributed by atoms with Gasteiger partial charge in [0, 0.05) is 35.5 Å². The molecule has 0 unspecified atom stereocenters. The van der Waals surface area contributed by atoms with Gasteiger partial charge in [-0.3, -0.25) is 28.9 Å². The minimum atomic E-state index is -0.821. The molecule has 1 aliphatic rings. The maximum atomic E-state index is 12.1. The summed E-state index contributed by atoms with van der Waals surface area (Å²) in [4.78, 5) is 59.9. The Balaban J connectivity index is 1.58. The molecule has 1 fully saturated rings. The highest BCUT2D eigenvalue weighted by molar-refractivity contribution is 5.93. The lowest BCUT2D eigenvalue weighted by Crippen LogP contribution is -2.34. The van der Waals surface area contributed by atoms with Crippen molar-refractivity contribution in [3.63, 3.8) is 0 Å². The van der Waals surface area contributed by atoms with E-state index in [2.05, 4.69) is 30.3 Å². The minimum absolute atomic E-state index is 0.0438. The summed E-state index contributed by atoms with van der Waals surface area (Å²) >= 11 is 0. The molecule has 1 aliphatic heterocycles. The average molecular weight is 430 g/mol. The number of hydrogen-bond donors (Lipinski definition) is 2. The molecule has 0 spiro atoms. The molecule has 0 radical (unpaired) electrons. The van der Waals surface area contributed by atoms with Gasteiger partial charge >= 0.3 is 11.7 Å². The van der Waals surface area contributed by atoms with Crippen molar-refractivity contribution < 1.29 is 19.1 Å². The van der Waals surface area contributed by atoms with Crippen LogP contribution in [0.2, 0.25) is 0 Å². The van der Waals surface area contributed by atoms with Crippen LogP contribution in [0.1, 0.15) is 28.7 Å². The first-order chi connectivity index (χ1) is 14.9. The minimum Gasteiger partial charge on any atom is -0.462 e. The Hall–Kier alpha value is -4.03. The first-order valence-electron chi connectivity index (χ1n) is 9.10. The van der Waals surface area contributed by atoms with Crippen molar-refractivity contribution in [1.82, 2.24) is 24.8 Å². The van der Waals surface area contributed by atoms with E-state index in [1.165, 1.54) is 36.3 Å². The van der Waals surface area contributed by atoms with E-state index in [4.69, 9.17) is 15.0 Å². The number of aromatic nitrogens is 4. The molecule has 0 aromatic carbocycles. The zero-order valence-electron chi connectivity index (χ0n) is 16.3. The number of nitrogens with zero attached hydrogens (tertiary/aromatic N) is 6. The number of carbonyl (C=O) groups excluding carboxylic acids is 2. The Morgan fingerprint density at radius 3 is 2.97 bits per heavy atom. The van der Waals surface area contributed by atoms with E-state index in [0.717, 1.165) is 0 Å². The summed E-state index contributed by atoms with van der Waals surface area (Å²) in [6.07, 6.45) is 3.83. The lowest BCUT2D eigenvalue weighted by Gasteiger charge is -2.17. The molecule has 2 aromatic rings. The molecule has 14 heteroatoms. The van der Waals surface area contributed by atoms with Gasteiger partial charge in [0.15, 0.2) is 0 Å². The van der Waals surface area contributed by atoms with Crippen molar-refractivity contribution in [2.75, 3.05) is 13.2 Å². The molecule has 1 saturated heterocycles. The van der Waals surface area contributed by atoms with Gasteiger partial charge in [-0.2, -0.15) is 0 Å². The number of azide groups is 1. The van der Waals surface area contributed by atoms with Gasteiger partial charge in [0.2, 0.25) is 0 Å². The smallest absolute Gasteiger partial charge is 0.330 e. The van der Waals surface area contributed by atoms with Crippen LogP contribution in [0.5, 0.6) is 0 Å². The summed E-state index contributed by atoms with van der Waals surface area (Å²) in [5.41, 5.74) is 7.94. The van der Waals surface area contributed by atoms with E-state index in [9.17, 15) is 19.2 Å². The largest absolute Gasteiger partial charge is 0.462 e. The number of aromatic amines is 1. The van der Waals surface area contributed by atoms with Crippen LogP contribution in [-0.4, -0.2) is 56.7 Å². The Morgan fingerprint density at radius 2 is 2.26 bits per heavy atom. The van der Waals surface area contributed by atoms with E-state index in [-0.39, 0.29) is 18.7 Å². The van der Waals surface area contributed by atoms with Gasteiger partial charge in [0.25, 0.3) is 11.5 Å². The van der Waals surface area contributed by atoms with Crippen molar-refractivity contribution in [3.8, 4) is 0 Å². The predicted octanol–water partition coefficient (Wildman–Crippen LogP) is -0.425. The van der Waals surface area contributed by atoms with Crippen molar-refractivity contribution in [1.29, 1.82) is 0 Å². The fourth-order valence-corrected chi connectivity index (χ4v) is 2.91. The number of rotatable bonds is 7. The van der Waals surface area contributed by atoms with Gasteiger partial charge in [-0.05, 0) is 12.5 Å². The number of aryl methyl sites for hydroxylation is 1. The van der Waals surface area contributed by atoms with Gasteiger partial charge in [-0.1, -0.05) is 5.11 Å². The second-order valence-corrected chi connectivity index (χ2v) is 6.57. The van der Waals surface area contributed by atoms with Gasteiger partial charge < -0.3 is 14.8 Å². The summed E-state index contributed by atoms with van der Waals surface area (Å²) in [5, 5.41) is 5.98. The predicted molar refractivity (Wildman–Crippen MR) is 103 cm³/mol. The maximum absolute atomic E-state index is 12.1. The molecule has 1 amide bonds. The number of amides is 1. The van der Waals surface area contributed by atoms with Gasteiger partial charge in [0.05, 0.1) is 12.2 Å². The Morgan fingerprint density at radius 1 is 1.45 bits per heavy atom. The molecule has 3 heterocycles. The third kappa shape index (κ3) is 5.32. The van der Waals surface area contributed by atoms with Crippen LogP contribution < -0.4 is 16.6 Å². The molecule has 2 N–H and O–H groups in total. The molecule has 162 valence electrons. The van der Waals surface area contributed by atoms with Crippen LogP contribution in [0.15, 0.2) is 39.5 Å². The maximum Gasteiger partial charge on any atom is 0.330 e. The standard InChI is InChI=1S/C17H18N8O6/c1-9-7-25(17(29)22-15(9)27)13-4-10(23-24-18)12(31-13)8-30-14(26)6-21-16(28)11-5-19-2-3-20-11/h2-3,5,7,10,12-13H,4,6,8H2,1H3,(H,21,28)(H,22,27,29)/t10-,12+,13+/m0/s1. The van der Waals surface area contributed by atoms with E-state index < -0.39 is 48.0 Å². The van der Waals surface area contributed by atoms with E-state index in [0.29, 0.717) is 5.56 Å². The summed E-state index contributed by atoms with van der Waals surface area (Å²) in [5.74, 6) is -1.34. The summed E-state index contributed by atoms with van der Waals surface area (Å²) < 4.78 is 12.0. The molecule has 14 nitrogen and oxygen atoms in total. The topological polar surface area (TPSA) is 194 Å². The Bertz CT molecular complexity index is 1120. The van der Waals surface area contributed by atoms with Crippen LogP contribution in [0.3, 0.4) is 0 Å². The second-order valence-electron chi connectivity index (χ2n) is 6.57. The van der Waals surface area contributed by atoms with Gasteiger partial charge in [-0.15, -0.1) is 0 Å². The number of hydrogen-bond acceptors (Lipinski definition) is 9. The third-order valence-electron chi connectivity index (χ3n) is 4.46. The zero-order valence-corrected chi connectivity index (χ0v) is 16.3. The molecule has 31 heavy (non-hydrogen) atoms. The highest BCUT2D eigenvalue weighted by Crippen LogP contribution is 2.30. The van der Waals surface area contributed by atoms with Crippen molar-refractivity contribution in [3.05, 3.63) is 67.3 Å². The first-order valence-corrected chi connectivity index (χ1v) is 9.10. The SMILES string of the molecule is Cc1cn([C@H]2C[C@H](N=[N+]=[N-])[C@@H](COC(=O)CNC(=O)c3cnccn3)O2)c(=O)[nH]c1=O. The third-order valence-corrected chi connectivity index (χ3v) is 4.46.